The van der Waals surface area contributed by atoms with Crippen molar-refractivity contribution in [3.63, 3.8) is 0 Å². The molecule has 0 N–H and O–H groups in total. The van der Waals surface area contributed by atoms with E-state index < -0.39 is 49.3 Å². The third-order valence-corrected chi connectivity index (χ3v) is 11.5. The summed E-state index contributed by atoms with van der Waals surface area (Å²) in [5.41, 5.74) is 0. The zero-order valence-electron chi connectivity index (χ0n) is 10.7. The summed E-state index contributed by atoms with van der Waals surface area (Å²) in [6, 6.07) is 1.13. The summed E-state index contributed by atoms with van der Waals surface area (Å²) in [7, 11) is -4.62. The minimum Gasteiger partial charge on any atom is -0.425 e. The van der Waals surface area contributed by atoms with E-state index in [0.29, 0.717) is 0 Å². The first-order valence-electron chi connectivity index (χ1n) is 6.40. The molecule has 1 fully saturated rings. The quantitative estimate of drug-likeness (QED) is 0.428. The van der Waals surface area contributed by atoms with E-state index in [1.54, 1.807) is 0 Å². The van der Waals surface area contributed by atoms with Crippen molar-refractivity contribution in [2.45, 2.75) is 45.1 Å². The second kappa shape index (κ2) is 11.9. The molecule has 102 valence electrons. The molecule has 0 aromatic carbocycles. The second-order valence-corrected chi connectivity index (χ2v) is 14.0. The van der Waals surface area contributed by atoms with E-state index in [4.69, 9.17) is 20.6 Å². The van der Waals surface area contributed by atoms with Crippen molar-refractivity contribution in [2.75, 3.05) is 0 Å². The summed E-state index contributed by atoms with van der Waals surface area (Å²) >= 11 is 0. The molecular formula is C7H24O5Si5. The Morgan fingerprint density at radius 3 is 2.00 bits per heavy atom. The Bertz CT molecular complexity index is 167. The van der Waals surface area contributed by atoms with E-state index in [9.17, 15) is 0 Å². The maximum Gasteiger partial charge on any atom is 0.303 e. The fraction of sp³-hybridized carbons (Fsp3) is 1.00. The number of hydrogen-bond acceptors (Lipinski definition) is 5. The van der Waals surface area contributed by atoms with Gasteiger partial charge >= 0.3 is 9.28 Å². The number of unbranched alkanes of at least 4 members (excludes halogenated alkanes) is 4. The van der Waals surface area contributed by atoms with Crippen LogP contribution in [0.2, 0.25) is 6.04 Å². The molecular weight excluding hydrogens is 305 g/mol. The molecule has 10 heteroatoms. The highest BCUT2D eigenvalue weighted by molar-refractivity contribution is 6.59. The molecule has 5 nitrogen and oxygen atoms in total. The van der Waals surface area contributed by atoms with Crippen LogP contribution in [-0.2, 0) is 20.6 Å². The van der Waals surface area contributed by atoms with E-state index in [1.165, 1.54) is 32.1 Å². The standard InChI is InChI=1S/C7H24O5Si5/c1-2-3-4-5-6-7-17-11-15-9-13-8-14-10-16-12-17/h17H,2-7,13-16H2,1H3. The van der Waals surface area contributed by atoms with Gasteiger partial charge in [0.25, 0.3) is 40.0 Å². The summed E-state index contributed by atoms with van der Waals surface area (Å²) in [6.45, 7) is 2.24. The smallest absolute Gasteiger partial charge is 0.303 e. The third kappa shape index (κ3) is 9.46. The lowest BCUT2D eigenvalue weighted by molar-refractivity contribution is 0.330. The van der Waals surface area contributed by atoms with Crippen LogP contribution in [0.15, 0.2) is 0 Å². The van der Waals surface area contributed by atoms with E-state index >= 15 is 0 Å². The molecule has 0 saturated carbocycles. The van der Waals surface area contributed by atoms with Crippen LogP contribution in [0.1, 0.15) is 39.0 Å². The zero-order valence-corrected chi connectivity index (χ0v) is 17.5. The van der Waals surface area contributed by atoms with Gasteiger partial charge in [0.05, 0.1) is 0 Å². The van der Waals surface area contributed by atoms with Gasteiger partial charge < -0.3 is 20.6 Å². The molecule has 1 saturated heterocycles. The van der Waals surface area contributed by atoms with Crippen molar-refractivity contribution in [1.82, 2.24) is 0 Å². The molecule has 0 spiro atoms. The van der Waals surface area contributed by atoms with Crippen molar-refractivity contribution in [2.24, 2.45) is 0 Å². The van der Waals surface area contributed by atoms with Crippen molar-refractivity contribution < 1.29 is 20.6 Å². The molecule has 0 aromatic rings. The first-order chi connectivity index (χ1) is 8.43. The van der Waals surface area contributed by atoms with E-state index in [0.717, 1.165) is 6.04 Å². The monoisotopic (exact) mass is 328 g/mol. The lowest BCUT2D eigenvalue weighted by atomic mass is 10.2. The van der Waals surface area contributed by atoms with Gasteiger partial charge in [0, 0.05) is 0 Å². The summed E-state index contributed by atoms with van der Waals surface area (Å²) in [5.74, 6) is 0. The van der Waals surface area contributed by atoms with Gasteiger partial charge in [-0.15, -0.1) is 0 Å². The molecule has 0 bridgehead atoms. The highest BCUT2D eigenvalue weighted by atomic mass is 28.4. The Labute approximate surface area is 115 Å². The Morgan fingerprint density at radius 1 is 0.765 bits per heavy atom. The zero-order chi connectivity index (χ0) is 12.2. The number of rotatable bonds is 6. The molecule has 0 aliphatic carbocycles. The predicted molar refractivity (Wildman–Crippen MR) is 80.3 cm³/mol. The van der Waals surface area contributed by atoms with Crippen LogP contribution >= 0.6 is 0 Å². The van der Waals surface area contributed by atoms with Crippen molar-refractivity contribution >= 4 is 49.3 Å². The van der Waals surface area contributed by atoms with E-state index in [2.05, 4.69) is 6.92 Å². The van der Waals surface area contributed by atoms with E-state index in [1.807, 2.05) is 0 Å². The molecule has 0 unspecified atom stereocenters. The van der Waals surface area contributed by atoms with Gasteiger partial charge in [-0.3, -0.25) is 0 Å². The van der Waals surface area contributed by atoms with Gasteiger partial charge in [-0.05, 0) is 6.04 Å². The SMILES string of the molecule is CCCCCCC[SiH]1O[SiH2]O[SiH2]O[SiH2]O[SiH2]O1. The average Bonchev–Trinajstić information content (AvgIpc) is 2.36. The Kier molecular flexibility index (Phi) is 11.2. The molecule has 0 atom stereocenters. The van der Waals surface area contributed by atoms with Crippen LogP contribution in [0, 0.1) is 0 Å². The van der Waals surface area contributed by atoms with Crippen LogP contribution in [0.25, 0.3) is 0 Å². The van der Waals surface area contributed by atoms with Gasteiger partial charge in [-0.2, -0.15) is 0 Å². The lowest BCUT2D eigenvalue weighted by Crippen LogP contribution is -2.32. The number of hydrogen-bond donors (Lipinski definition) is 0. The van der Waals surface area contributed by atoms with Crippen LogP contribution in [-0.4, -0.2) is 49.3 Å². The maximum absolute atomic E-state index is 5.78. The fourth-order valence-corrected chi connectivity index (χ4v) is 12.4. The molecule has 0 radical (unpaired) electrons. The van der Waals surface area contributed by atoms with Gasteiger partial charge in [-0.1, -0.05) is 39.0 Å². The average molecular weight is 329 g/mol. The molecule has 1 aliphatic heterocycles. The normalized spacial score (nSPS) is 29.1. The minimum atomic E-state index is -1.44. The first-order valence-corrected chi connectivity index (χ1v) is 12.8. The Hall–Kier alpha value is 0.884. The summed E-state index contributed by atoms with van der Waals surface area (Å²) < 4.78 is 27.8. The predicted octanol–water partition coefficient (Wildman–Crippen LogP) is -1.73. The van der Waals surface area contributed by atoms with Crippen LogP contribution in [0.4, 0.5) is 0 Å². The molecule has 1 rings (SSSR count). The molecule has 17 heavy (non-hydrogen) atoms. The van der Waals surface area contributed by atoms with E-state index in [-0.39, 0.29) is 0 Å². The van der Waals surface area contributed by atoms with Crippen molar-refractivity contribution in [1.29, 1.82) is 0 Å². The van der Waals surface area contributed by atoms with Gasteiger partial charge in [-0.25, -0.2) is 0 Å². The molecule has 1 aliphatic rings. The minimum absolute atomic E-state index is 0.777. The van der Waals surface area contributed by atoms with Crippen LogP contribution < -0.4 is 0 Å². The first kappa shape index (κ1) is 15.9. The summed E-state index contributed by atoms with van der Waals surface area (Å²) in [6.07, 6.45) is 6.53. The topological polar surface area (TPSA) is 46.2 Å². The van der Waals surface area contributed by atoms with Crippen molar-refractivity contribution in [3.05, 3.63) is 0 Å². The molecule has 0 aromatic heterocycles. The fourth-order valence-electron chi connectivity index (χ4n) is 1.60. The Balaban J connectivity index is 2.05. The Morgan fingerprint density at radius 2 is 1.35 bits per heavy atom. The van der Waals surface area contributed by atoms with Crippen molar-refractivity contribution in [3.8, 4) is 0 Å². The molecule has 0 amide bonds. The van der Waals surface area contributed by atoms with Crippen LogP contribution in [0.3, 0.4) is 0 Å². The summed E-state index contributed by atoms with van der Waals surface area (Å²) in [5, 5.41) is 0. The van der Waals surface area contributed by atoms with Gasteiger partial charge in [0.1, 0.15) is 0 Å². The lowest BCUT2D eigenvalue weighted by Gasteiger charge is -2.19. The van der Waals surface area contributed by atoms with Gasteiger partial charge in [0.15, 0.2) is 0 Å². The highest BCUT2D eigenvalue weighted by Gasteiger charge is 2.14. The maximum atomic E-state index is 5.78. The largest absolute Gasteiger partial charge is 0.425 e. The molecule has 1 heterocycles. The summed E-state index contributed by atoms with van der Waals surface area (Å²) in [4.78, 5) is 0. The van der Waals surface area contributed by atoms with Gasteiger partial charge in [0.2, 0.25) is 0 Å². The third-order valence-electron chi connectivity index (χ3n) is 2.55. The highest BCUT2D eigenvalue weighted by Crippen LogP contribution is 2.09. The van der Waals surface area contributed by atoms with Crippen LogP contribution in [0.5, 0.6) is 0 Å². The second-order valence-electron chi connectivity index (χ2n) is 4.05.